The molecule has 0 aromatic heterocycles. The van der Waals surface area contributed by atoms with Crippen LogP contribution in [0.25, 0.3) is 0 Å². The number of allylic oxidation sites excluding steroid dienone is 2. The Kier molecular flexibility index (Phi) is 4.46. The van der Waals surface area contributed by atoms with Gasteiger partial charge in [-0.05, 0) is 38.0 Å². The summed E-state index contributed by atoms with van der Waals surface area (Å²) in [6, 6.07) is 0. The number of hydrogen-bond acceptors (Lipinski definition) is 4. The Bertz CT molecular complexity index is 389. The molecule has 0 spiro atoms. The van der Waals surface area contributed by atoms with E-state index in [2.05, 4.69) is 13.0 Å². The highest BCUT2D eigenvalue weighted by Gasteiger charge is 2.50. The molecule has 0 aromatic carbocycles. The third-order valence-electron chi connectivity index (χ3n) is 4.46. The summed E-state index contributed by atoms with van der Waals surface area (Å²) >= 11 is 0. The topological polar surface area (TPSA) is 55.8 Å². The van der Waals surface area contributed by atoms with E-state index < -0.39 is 7.94 Å². The SMILES string of the molecule is CO[P+](O)(CC(=O)C12CCCC(=CC(C)C1)C2)OC. The fourth-order valence-corrected chi connectivity index (χ4v) is 4.67. The van der Waals surface area contributed by atoms with Crippen molar-refractivity contribution in [2.75, 3.05) is 20.4 Å². The summed E-state index contributed by atoms with van der Waals surface area (Å²) in [6.45, 7) is 2.17. The highest BCUT2D eigenvalue weighted by molar-refractivity contribution is 7.61. The van der Waals surface area contributed by atoms with E-state index in [1.807, 2.05) is 0 Å². The van der Waals surface area contributed by atoms with Gasteiger partial charge in [-0.25, -0.2) is 0 Å². The standard InChI is InChI=1S/C14H24O4P/c1-11-7-12-5-4-6-14(8-11,9-12)13(15)10-19(16,17-2)18-3/h7,11,16H,4-6,8-10H2,1-3H3/q+1. The van der Waals surface area contributed by atoms with Gasteiger partial charge in [0.2, 0.25) is 0 Å². The Morgan fingerprint density at radius 2 is 2.21 bits per heavy atom. The van der Waals surface area contributed by atoms with Gasteiger partial charge in [0.1, 0.15) is 0 Å². The predicted molar refractivity (Wildman–Crippen MR) is 75.8 cm³/mol. The largest absolute Gasteiger partial charge is 0.416 e. The third-order valence-corrected chi connectivity index (χ3v) is 6.29. The maximum absolute atomic E-state index is 12.7. The Morgan fingerprint density at radius 3 is 2.84 bits per heavy atom. The normalized spacial score (nSPS) is 30.9. The van der Waals surface area contributed by atoms with Crippen molar-refractivity contribution in [1.29, 1.82) is 0 Å². The summed E-state index contributed by atoms with van der Waals surface area (Å²) < 4.78 is 10.0. The lowest BCUT2D eigenvalue weighted by atomic mass is 9.62. The number of carbonyl (C=O) groups excluding carboxylic acids is 1. The summed E-state index contributed by atoms with van der Waals surface area (Å²) in [4.78, 5) is 22.8. The lowest BCUT2D eigenvalue weighted by Crippen LogP contribution is -2.40. The van der Waals surface area contributed by atoms with Crippen molar-refractivity contribution < 1.29 is 18.7 Å². The molecule has 0 aliphatic heterocycles. The summed E-state index contributed by atoms with van der Waals surface area (Å²) in [5, 5.41) is 0. The van der Waals surface area contributed by atoms with E-state index in [9.17, 15) is 9.69 Å². The van der Waals surface area contributed by atoms with E-state index in [1.54, 1.807) is 0 Å². The van der Waals surface area contributed by atoms with Crippen LogP contribution in [0.1, 0.15) is 39.0 Å². The molecule has 2 rings (SSSR count). The molecule has 2 atom stereocenters. The molecule has 1 N–H and O–H groups in total. The molecular formula is C14H24O4P+. The van der Waals surface area contributed by atoms with Crippen LogP contribution in [0, 0.1) is 11.3 Å². The van der Waals surface area contributed by atoms with Gasteiger partial charge in [-0.1, -0.05) is 18.6 Å². The smallest absolute Gasteiger partial charge is 0.295 e. The fraction of sp³-hybridized carbons (Fsp3) is 0.786. The van der Waals surface area contributed by atoms with Crippen molar-refractivity contribution in [3.8, 4) is 0 Å². The number of ketones is 1. The predicted octanol–water partition coefficient (Wildman–Crippen LogP) is 3.13. The first-order valence-corrected chi connectivity index (χ1v) is 8.64. The van der Waals surface area contributed by atoms with Crippen molar-refractivity contribution in [1.82, 2.24) is 0 Å². The number of hydrogen-bond donors (Lipinski definition) is 1. The van der Waals surface area contributed by atoms with Crippen LogP contribution >= 0.6 is 7.94 Å². The molecular weight excluding hydrogens is 263 g/mol. The Hall–Kier alpha value is -0.280. The van der Waals surface area contributed by atoms with Crippen LogP contribution in [0.3, 0.4) is 0 Å². The summed E-state index contributed by atoms with van der Waals surface area (Å²) in [5.74, 6) is 0.564. The van der Waals surface area contributed by atoms with Gasteiger partial charge < -0.3 is 0 Å². The monoisotopic (exact) mass is 287 g/mol. The molecule has 1 saturated carbocycles. The number of carbonyl (C=O) groups is 1. The average Bonchev–Trinajstić information content (AvgIpc) is 2.37. The van der Waals surface area contributed by atoms with Crippen LogP contribution in [0.5, 0.6) is 0 Å². The fourth-order valence-electron chi connectivity index (χ4n) is 3.56. The van der Waals surface area contributed by atoms with Gasteiger partial charge in [0, 0.05) is 5.41 Å². The molecule has 0 amide bonds. The van der Waals surface area contributed by atoms with Gasteiger partial charge in [0.25, 0.3) is 0 Å². The van der Waals surface area contributed by atoms with Gasteiger partial charge in [-0.3, -0.25) is 4.79 Å². The molecule has 2 aliphatic rings. The number of fused-ring (bicyclic) bond motifs is 2. The molecule has 0 saturated heterocycles. The van der Waals surface area contributed by atoms with Crippen molar-refractivity contribution in [2.45, 2.75) is 39.0 Å². The van der Waals surface area contributed by atoms with Gasteiger partial charge in [0.15, 0.2) is 11.9 Å². The average molecular weight is 287 g/mol. The zero-order chi connectivity index (χ0) is 14.1. The first-order valence-electron chi connectivity index (χ1n) is 6.88. The molecule has 1 fully saturated rings. The molecule has 0 aromatic rings. The highest BCUT2D eigenvalue weighted by atomic mass is 31.2. The second kappa shape index (κ2) is 5.61. The van der Waals surface area contributed by atoms with Crippen LogP contribution in [0.2, 0.25) is 0 Å². The van der Waals surface area contributed by atoms with E-state index in [4.69, 9.17) is 9.05 Å². The van der Waals surface area contributed by atoms with Crippen LogP contribution in [0.15, 0.2) is 11.6 Å². The van der Waals surface area contributed by atoms with Gasteiger partial charge in [-0.15, -0.1) is 0 Å². The molecule has 19 heavy (non-hydrogen) atoms. The number of Topliss-reactive ketones (excluding diaryl/α,β-unsaturated/α-hetero) is 1. The Labute approximate surface area is 115 Å². The lowest BCUT2D eigenvalue weighted by Gasteiger charge is -2.42. The van der Waals surface area contributed by atoms with E-state index in [-0.39, 0.29) is 17.4 Å². The molecule has 2 bridgehead atoms. The van der Waals surface area contributed by atoms with Crippen molar-refractivity contribution in [3.63, 3.8) is 0 Å². The minimum atomic E-state index is -2.99. The van der Waals surface area contributed by atoms with Crippen LogP contribution in [0.4, 0.5) is 0 Å². The molecule has 5 heteroatoms. The van der Waals surface area contributed by atoms with Gasteiger partial charge in [-0.2, -0.15) is 13.9 Å². The second-order valence-electron chi connectivity index (χ2n) is 5.90. The maximum Gasteiger partial charge on any atom is 0.416 e. The zero-order valence-electron chi connectivity index (χ0n) is 12.0. The maximum atomic E-state index is 12.7. The Balaban J connectivity index is 2.16. The third kappa shape index (κ3) is 3.08. The second-order valence-corrected chi connectivity index (χ2v) is 8.22. The van der Waals surface area contributed by atoms with E-state index in [1.165, 1.54) is 19.8 Å². The van der Waals surface area contributed by atoms with Crippen LogP contribution < -0.4 is 0 Å². The first kappa shape index (κ1) is 15.1. The van der Waals surface area contributed by atoms with Gasteiger partial charge >= 0.3 is 7.94 Å². The van der Waals surface area contributed by atoms with E-state index in [0.717, 1.165) is 32.1 Å². The molecule has 108 valence electrons. The van der Waals surface area contributed by atoms with Crippen molar-refractivity contribution >= 4 is 13.7 Å². The Morgan fingerprint density at radius 1 is 1.53 bits per heavy atom. The summed E-state index contributed by atoms with van der Waals surface area (Å²) in [5.41, 5.74) is 1.13. The quantitative estimate of drug-likeness (QED) is 0.623. The van der Waals surface area contributed by atoms with Crippen molar-refractivity contribution in [3.05, 3.63) is 11.6 Å². The molecule has 0 heterocycles. The number of rotatable bonds is 5. The summed E-state index contributed by atoms with van der Waals surface area (Å²) in [6.07, 6.45) is 7.21. The zero-order valence-corrected chi connectivity index (χ0v) is 12.9. The highest BCUT2D eigenvalue weighted by Crippen LogP contribution is 2.58. The van der Waals surface area contributed by atoms with Crippen LogP contribution in [-0.4, -0.2) is 31.1 Å². The lowest BCUT2D eigenvalue weighted by molar-refractivity contribution is -0.128. The minimum Gasteiger partial charge on any atom is -0.295 e. The summed E-state index contributed by atoms with van der Waals surface area (Å²) in [7, 11) is -0.193. The first-order chi connectivity index (χ1) is 8.93. The van der Waals surface area contributed by atoms with Crippen molar-refractivity contribution in [2.24, 2.45) is 11.3 Å². The van der Waals surface area contributed by atoms with Crippen LogP contribution in [-0.2, 0) is 13.8 Å². The molecule has 0 radical (unpaired) electrons. The molecule has 4 nitrogen and oxygen atoms in total. The van der Waals surface area contributed by atoms with E-state index in [0.29, 0.717) is 5.92 Å². The van der Waals surface area contributed by atoms with E-state index >= 15 is 0 Å². The molecule has 2 unspecified atom stereocenters. The molecule has 2 aliphatic carbocycles. The minimum absolute atomic E-state index is 0.0139. The van der Waals surface area contributed by atoms with Gasteiger partial charge in [0.05, 0.1) is 14.2 Å².